The molecule has 0 unspecified atom stereocenters. The Morgan fingerprint density at radius 1 is 0.511 bits per heavy atom. The van der Waals surface area contributed by atoms with E-state index in [2.05, 4.69) is 111 Å². The Bertz CT molecular complexity index is 2740. The van der Waals surface area contributed by atoms with E-state index in [1.807, 2.05) is 36.5 Å². The van der Waals surface area contributed by atoms with Crippen molar-refractivity contribution in [2.24, 2.45) is 0 Å². The molecule has 0 radical (unpaired) electrons. The molecule has 5 heterocycles. The van der Waals surface area contributed by atoms with Gasteiger partial charge in [-0.15, -0.1) is 11.3 Å². The molecule has 10 rings (SSSR count). The van der Waals surface area contributed by atoms with Crippen LogP contribution in [0.1, 0.15) is 0 Å². The molecule has 0 aliphatic rings. The second kappa shape index (κ2) is 10.1. The maximum Gasteiger partial charge on any atom is 0.239 e. The smallest absolute Gasteiger partial charge is 0.239 e. The van der Waals surface area contributed by atoms with Gasteiger partial charge in [-0.3, -0.25) is 4.57 Å². The van der Waals surface area contributed by atoms with Crippen molar-refractivity contribution in [3.63, 3.8) is 0 Å². The quantitative estimate of drug-likeness (QED) is 0.196. The molecular weight excluding hydrogens is 599 g/mol. The van der Waals surface area contributed by atoms with E-state index in [0.717, 1.165) is 43.5 Å². The van der Waals surface area contributed by atoms with E-state index in [9.17, 15) is 0 Å². The van der Waals surface area contributed by atoms with Crippen LogP contribution in [0.4, 0.5) is 0 Å². The van der Waals surface area contributed by atoms with Crippen LogP contribution in [0.5, 0.6) is 0 Å². The lowest BCUT2D eigenvalue weighted by molar-refractivity contribution is 0.954. The van der Waals surface area contributed by atoms with Gasteiger partial charge in [0, 0.05) is 43.1 Å². The molecule has 10 aromatic rings. The van der Waals surface area contributed by atoms with E-state index in [-0.39, 0.29) is 0 Å². The maximum atomic E-state index is 5.12. The predicted octanol–water partition coefficient (Wildman–Crippen LogP) is 9.40. The summed E-state index contributed by atoms with van der Waals surface area (Å²) in [5, 5.41) is 4.71. The number of rotatable bonds is 4. The Morgan fingerprint density at radius 3 is 1.85 bits per heavy atom. The van der Waals surface area contributed by atoms with Gasteiger partial charge in [-0.25, -0.2) is 15.0 Å². The van der Waals surface area contributed by atoms with Crippen LogP contribution in [-0.4, -0.2) is 34.1 Å². The van der Waals surface area contributed by atoms with Crippen LogP contribution in [0, 0.1) is 0 Å². The van der Waals surface area contributed by atoms with Gasteiger partial charge in [0.25, 0.3) is 0 Å². The molecule has 0 fully saturated rings. The fourth-order valence-corrected chi connectivity index (χ4v) is 7.89. The molecule has 47 heavy (non-hydrogen) atoms. The van der Waals surface area contributed by atoms with Crippen LogP contribution in [0.15, 0.2) is 140 Å². The number of aromatic nitrogens is 7. The fourth-order valence-electron chi connectivity index (χ4n) is 6.68. The summed E-state index contributed by atoms with van der Waals surface area (Å²) < 4.78 is 5.58. The molecule has 0 N–H and O–H groups in total. The third kappa shape index (κ3) is 3.95. The highest BCUT2D eigenvalue weighted by molar-refractivity contribution is 7.25. The van der Waals surface area contributed by atoms with Crippen molar-refractivity contribution in [3.05, 3.63) is 140 Å². The first kappa shape index (κ1) is 26.0. The van der Waals surface area contributed by atoms with Gasteiger partial charge in [0.05, 0.1) is 22.7 Å². The highest BCUT2D eigenvalue weighted by atomic mass is 32.1. The lowest BCUT2D eigenvalue weighted by Crippen LogP contribution is -2.06. The Morgan fingerprint density at radius 2 is 1.13 bits per heavy atom. The number of nitrogens with zero attached hydrogens (tertiary/aromatic N) is 7. The average Bonchev–Trinajstić information content (AvgIpc) is 3.79. The Kier molecular flexibility index (Phi) is 5.61. The summed E-state index contributed by atoms with van der Waals surface area (Å²) in [7, 11) is 0. The summed E-state index contributed by atoms with van der Waals surface area (Å²) in [6.45, 7) is 0. The average molecular weight is 622 g/mol. The monoisotopic (exact) mass is 621 g/mol. The minimum atomic E-state index is 0.529. The molecule has 5 aromatic heterocycles. The van der Waals surface area contributed by atoms with Gasteiger partial charge in [0.2, 0.25) is 5.95 Å². The molecule has 0 spiro atoms. The van der Waals surface area contributed by atoms with Gasteiger partial charge < -0.3 is 4.57 Å². The van der Waals surface area contributed by atoms with Crippen molar-refractivity contribution in [2.75, 3.05) is 0 Å². The van der Waals surface area contributed by atoms with Gasteiger partial charge in [-0.05, 0) is 42.5 Å². The largest absolute Gasteiger partial charge is 0.309 e. The summed E-state index contributed by atoms with van der Waals surface area (Å²) in [6, 6.07) is 44.0. The van der Waals surface area contributed by atoms with E-state index in [1.54, 1.807) is 17.7 Å². The molecule has 7 nitrogen and oxygen atoms in total. The summed E-state index contributed by atoms with van der Waals surface area (Å²) in [5.74, 6) is 1.72. The molecule has 0 bridgehead atoms. The van der Waals surface area contributed by atoms with E-state index < -0.39 is 0 Å². The minimum absolute atomic E-state index is 0.529. The van der Waals surface area contributed by atoms with Crippen molar-refractivity contribution in [3.8, 4) is 34.4 Å². The Hall–Kier alpha value is -6.25. The van der Waals surface area contributed by atoms with E-state index in [1.165, 1.54) is 26.5 Å². The Labute approximate surface area is 272 Å². The predicted molar refractivity (Wildman–Crippen MR) is 190 cm³/mol. The van der Waals surface area contributed by atoms with Crippen LogP contribution in [0.3, 0.4) is 0 Å². The second-order valence-electron chi connectivity index (χ2n) is 11.4. The van der Waals surface area contributed by atoms with Crippen molar-refractivity contribution in [2.45, 2.75) is 0 Å². The third-order valence-electron chi connectivity index (χ3n) is 8.77. The lowest BCUT2D eigenvalue weighted by Gasteiger charge is -2.11. The second-order valence-corrected chi connectivity index (χ2v) is 12.5. The van der Waals surface area contributed by atoms with Crippen LogP contribution in [-0.2, 0) is 0 Å². The zero-order chi connectivity index (χ0) is 30.9. The molecular formula is C39H23N7S. The summed E-state index contributed by atoms with van der Waals surface area (Å²) >= 11 is 1.71. The summed E-state index contributed by atoms with van der Waals surface area (Å²) in [4.78, 5) is 25.3. The number of benzene rings is 5. The molecule has 0 saturated carbocycles. The van der Waals surface area contributed by atoms with Gasteiger partial charge in [-0.1, -0.05) is 84.9 Å². The zero-order valence-electron chi connectivity index (χ0n) is 24.8. The summed E-state index contributed by atoms with van der Waals surface area (Å²) in [5.41, 5.74) is 6.97. The first-order chi connectivity index (χ1) is 23.3. The first-order valence-corrected chi connectivity index (χ1v) is 16.2. The highest BCUT2D eigenvalue weighted by Crippen LogP contribution is 2.41. The van der Waals surface area contributed by atoms with Crippen molar-refractivity contribution in [1.29, 1.82) is 0 Å². The normalized spacial score (nSPS) is 11.8. The number of hydrogen-bond donors (Lipinski definition) is 0. The van der Waals surface area contributed by atoms with E-state index in [4.69, 9.17) is 19.9 Å². The van der Waals surface area contributed by atoms with Crippen LogP contribution in [0.25, 0.3) is 87.6 Å². The zero-order valence-corrected chi connectivity index (χ0v) is 25.6. The van der Waals surface area contributed by atoms with Gasteiger partial charge in [-0.2, -0.15) is 9.97 Å². The lowest BCUT2D eigenvalue weighted by atomic mass is 10.1. The molecule has 0 aliphatic heterocycles. The number of hydrogen-bond acceptors (Lipinski definition) is 6. The highest BCUT2D eigenvalue weighted by Gasteiger charge is 2.22. The van der Waals surface area contributed by atoms with Crippen molar-refractivity contribution >= 4 is 64.5 Å². The molecule has 220 valence electrons. The third-order valence-corrected chi connectivity index (χ3v) is 9.93. The maximum absolute atomic E-state index is 5.12. The van der Waals surface area contributed by atoms with Gasteiger partial charge in [0.15, 0.2) is 11.6 Å². The Balaban J connectivity index is 1.19. The van der Waals surface area contributed by atoms with Crippen LogP contribution in [0.2, 0.25) is 0 Å². The number of para-hydroxylation sites is 2. The number of fused-ring (bicyclic) bond motifs is 8. The van der Waals surface area contributed by atoms with E-state index >= 15 is 0 Å². The van der Waals surface area contributed by atoms with Crippen LogP contribution < -0.4 is 0 Å². The van der Waals surface area contributed by atoms with E-state index in [0.29, 0.717) is 17.6 Å². The van der Waals surface area contributed by atoms with Crippen molar-refractivity contribution in [1.82, 2.24) is 34.1 Å². The standard InChI is InChI=1S/C39H23N7S/c1-2-10-24(11-3-1)36-42-37(25-18-20-26(21-19-25)45-30-15-7-4-12-27(30)28-13-5-8-16-31(28)45)44-39(43-36)46-32-22-40-23-41-35(32)34-29-14-6-9-17-33(29)47-38(34)46/h1-23H. The van der Waals surface area contributed by atoms with Crippen molar-refractivity contribution < 1.29 is 0 Å². The molecule has 8 heteroatoms. The molecule has 5 aromatic carbocycles. The molecule has 0 aliphatic carbocycles. The SMILES string of the molecule is c1ccc(-c2nc(-c3ccc(-n4c5ccccc5c5ccccc54)cc3)nc(-n3c4cncnc4c4c5ccccc5sc43)n2)cc1. The molecule has 0 amide bonds. The van der Waals surface area contributed by atoms with Crippen LogP contribution >= 0.6 is 11.3 Å². The fraction of sp³-hybridized carbons (Fsp3) is 0. The summed E-state index contributed by atoms with van der Waals surface area (Å²) in [6.07, 6.45) is 3.45. The van der Waals surface area contributed by atoms with Gasteiger partial charge in [0.1, 0.15) is 16.7 Å². The molecule has 0 saturated heterocycles. The molecule has 0 atom stereocenters. The first-order valence-electron chi connectivity index (χ1n) is 15.3. The van der Waals surface area contributed by atoms with Gasteiger partial charge >= 0.3 is 0 Å². The minimum Gasteiger partial charge on any atom is -0.309 e. The topological polar surface area (TPSA) is 74.3 Å². The number of thiophene rings is 1.